The van der Waals surface area contributed by atoms with E-state index in [2.05, 4.69) is 37.3 Å². The van der Waals surface area contributed by atoms with Gasteiger partial charge in [-0.15, -0.1) is 0 Å². The van der Waals surface area contributed by atoms with Crippen molar-refractivity contribution in [2.75, 3.05) is 4.90 Å². The highest BCUT2D eigenvalue weighted by molar-refractivity contribution is 7.22. The third kappa shape index (κ3) is 2.82. The highest BCUT2D eigenvalue weighted by Crippen LogP contribution is 2.35. The Kier molecular flexibility index (Phi) is 4.07. The van der Waals surface area contributed by atoms with Crippen LogP contribution in [0.1, 0.15) is 30.4 Å². The Balaban J connectivity index is 1.72. The topological polar surface area (TPSA) is 33.2 Å². The molecule has 122 valence electrons. The summed E-state index contributed by atoms with van der Waals surface area (Å²) >= 11 is 1.61. The van der Waals surface area contributed by atoms with Gasteiger partial charge in [-0.3, -0.25) is 9.69 Å². The highest BCUT2D eigenvalue weighted by Gasteiger charge is 2.31. The minimum Gasteiger partial charge on any atom is -0.283 e. The normalized spacial score (nSPS) is 14.5. The molecule has 0 saturated heterocycles. The standard InChI is InChI=1S/C20H20N2OS/c1-14-7-5-12-17-18(14)21-20(24-17)22(19(23)16-10-6-11-16)13-15-8-3-2-4-9-15/h2-5,7-9,12,16H,6,10-11,13H2,1H3. The van der Waals surface area contributed by atoms with Crippen LogP contribution in [0.4, 0.5) is 5.13 Å². The molecule has 2 aromatic carbocycles. The molecule has 1 fully saturated rings. The summed E-state index contributed by atoms with van der Waals surface area (Å²) in [6.45, 7) is 2.66. The number of aromatic nitrogens is 1. The zero-order valence-electron chi connectivity index (χ0n) is 13.7. The molecule has 1 heterocycles. The van der Waals surface area contributed by atoms with Crippen molar-refractivity contribution in [2.24, 2.45) is 5.92 Å². The van der Waals surface area contributed by atoms with Crippen LogP contribution in [0, 0.1) is 12.8 Å². The van der Waals surface area contributed by atoms with E-state index in [1.54, 1.807) is 11.3 Å². The Morgan fingerprint density at radius 1 is 1.17 bits per heavy atom. The number of benzene rings is 2. The molecule has 0 atom stereocenters. The lowest BCUT2D eigenvalue weighted by Crippen LogP contribution is -2.38. The number of carbonyl (C=O) groups excluding carboxylic acids is 1. The molecule has 0 spiro atoms. The lowest BCUT2D eigenvalue weighted by Gasteiger charge is -2.30. The zero-order valence-corrected chi connectivity index (χ0v) is 14.6. The maximum atomic E-state index is 13.0. The summed E-state index contributed by atoms with van der Waals surface area (Å²) in [7, 11) is 0. The first-order valence-electron chi connectivity index (χ1n) is 8.44. The molecule has 0 unspecified atom stereocenters. The number of nitrogens with zero attached hydrogens (tertiary/aromatic N) is 2. The molecule has 0 aliphatic heterocycles. The van der Waals surface area contributed by atoms with E-state index in [9.17, 15) is 4.79 Å². The van der Waals surface area contributed by atoms with Crippen molar-refractivity contribution in [1.29, 1.82) is 0 Å². The maximum absolute atomic E-state index is 13.0. The van der Waals surface area contributed by atoms with E-state index in [-0.39, 0.29) is 11.8 Å². The second-order valence-corrected chi connectivity index (χ2v) is 7.47. The number of rotatable bonds is 4. The van der Waals surface area contributed by atoms with Gasteiger partial charge in [-0.2, -0.15) is 0 Å². The molecule has 3 aromatic rings. The number of fused-ring (bicyclic) bond motifs is 1. The molecule has 24 heavy (non-hydrogen) atoms. The monoisotopic (exact) mass is 336 g/mol. The van der Waals surface area contributed by atoms with Crippen LogP contribution < -0.4 is 4.90 Å². The van der Waals surface area contributed by atoms with Gasteiger partial charge in [0.2, 0.25) is 5.91 Å². The Labute approximate surface area is 146 Å². The van der Waals surface area contributed by atoms with Gasteiger partial charge in [0.1, 0.15) is 0 Å². The van der Waals surface area contributed by atoms with E-state index in [1.807, 2.05) is 23.1 Å². The quantitative estimate of drug-likeness (QED) is 0.676. The molecule has 1 aliphatic rings. The van der Waals surface area contributed by atoms with E-state index >= 15 is 0 Å². The van der Waals surface area contributed by atoms with Crippen LogP contribution in [-0.4, -0.2) is 10.9 Å². The summed E-state index contributed by atoms with van der Waals surface area (Å²) < 4.78 is 1.14. The molecule has 4 heteroatoms. The molecule has 0 bridgehead atoms. The summed E-state index contributed by atoms with van der Waals surface area (Å²) in [5.74, 6) is 0.392. The van der Waals surface area contributed by atoms with Gasteiger partial charge in [-0.25, -0.2) is 4.98 Å². The van der Waals surface area contributed by atoms with Crippen molar-refractivity contribution in [2.45, 2.75) is 32.7 Å². The van der Waals surface area contributed by atoms with E-state index in [0.29, 0.717) is 6.54 Å². The fourth-order valence-corrected chi connectivity index (χ4v) is 4.12. The molecule has 1 saturated carbocycles. The first-order valence-corrected chi connectivity index (χ1v) is 9.25. The maximum Gasteiger partial charge on any atom is 0.232 e. The molecule has 1 amide bonds. The van der Waals surface area contributed by atoms with Crippen molar-refractivity contribution in [3.8, 4) is 0 Å². The number of para-hydroxylation sites is 1. The number of amides is 1. The van der Waals surface area contributed by atoms with Crippen LogP contribution in [-0.2, 0) is 11.3 Å². The second-order valence-electron chi connectivity index (χ2n) is 6.46. The van der Waals surface area contributed by atoms with Gasteiger partial charge in [-0.05, 0) is 37.0 Å². The predicted octanol–water partition coefficient (Wildman–Crippen LogP) is 4.94. The molecule has 0 N–H and O–H groups in total. The fourth-order valence-electron chi connectivity index (χ4n) is 3.07. The lowest BCUT2D eigenvalue weighted by molar-refractivity contribution is -0.124. The Hall–Kier alpha value is -2.20. The van der Waals surface area contributed by atoms with Crippen LogP contribution in [0.5, 0.6) is 0 Å². The number of thiazole rings is 1. The van der Waals surface area contributed by atoms with Gasteiger partial charge in [0.25, 0.3) is 0 Å². The summed E-state index contributed by atoms with van der Waals surface area (Å²) in [6, 6.07) is 16.4. The Bertz CT molecular complexity index is 868. The van der Waals surface area contributed by atoms with Gasteiger partial charge in [0, 0.05) is 5.92 Å². The molecule has 1 aliphatic carbocycles. The van der Waals surface area contributed by atoms with Crippen molar-refractivity contribution >= 4 is 32.6 Å². The first-order chi connectivity index (χ1) is 11.7. The van der Waals surface area contributed by atoms with Crippen molar-refractivity contribution in [3.63, 3.8) is 0 Å². The van der Waals surface area contributed by atoms with Crippen molar-refractivity contribution in [3.05, 3.63) is 59.7 Å². The molecule has 3 nitrogen and oxygen atoms in total. The largest absolute Gasteiger partial charge is 0.283 e. The molecule has 0 radical (unpaired) electrons. The van der Waals surface area contributed by atoms with Crippen LogP contribution in [0.2, 0.25) is 0 Å². The minimum absolute atomic E-state index is 0.168. The summed E-state index contributed by atoms with van der Waals surface area (Å²) in [5.41, 5.74) is 3.31. The van der Waals surface area contributed by atoms with E-state index in [0.717, 1.165) is 45.7 Å². The van der Waals surface area contributed by atoms with E-state index in [1.165, 1.54) is 0 Å². The molecular weight excluding hydrogens is 316 g/mol. The first kappa shape index (κ1) is 15.3. The smallest absolute Gasteiger partial charge is 0.232 e. The van der Waals surface area contributed by atoms with Gasteiger partial charge < -0.3 is 0 Å². The predicted molar refractivity (Wildman–Crippen MR) is 99.3 cm³/mol. The summed E-state index contributed by atoms with van der Waals surface area (Å²) in [6.07, 6.45) is 3.18. The summed E-state index contributed by atoms with van der Waals surface area (Å²) in [5, 5.41) is 0.819. The third-order valence-electron chi connectivity index (χ3n) is 4.74. The number of aryl methyl sites for hydroxylation is 1. The number of hydrogen-bond acceptors (Lipinski definition) is 3. The van der Waals surface area contributed by atoms with E-state index in [4.69, 9.17) is 4.98 Å². The third-order valence-corrected chi connectivity index (χ3v) is 5.79. The zero-order chi connectivity index (χ0) is 16.5. The summed E-state index contributed by atoms with van der Waals surface area (Å²) in [4.78, 5) is 19.7. The number of anilines is 1. The average Bonchev–Trinajstić information content (AvgIpc) is 2.97. The van der Waals surface area contributed by atoms with Crippen LogP contribution in [0.3, 0.4) is 0 Å². The Morgan fingerprint density at radius 2 is 1.96 bits per heavy atom. The molecule has 4 rings (SSSR count). The van der Waals surface area contributed by atoms with Gasteiger partial charge in [0.15, 0.2) is 5.13 Å². The molecule has 1 aromatic heterocycles. The van der Waals surface area contributed by atoms with Crippen molar-refractivity contribution in [1.82, 2.24) is 4.98 Å². The highest BCUT2D eigenvalue weighted by atomic mass is 32.1. The van der Waals surface area contributed by atoms with Gasteiger partial charge in [0.05, 0.1) is 16.8 Å². The van der Waals surface area contributed by atoms with Gasteiger partial charge >= 0.3 is 0 Å². The second kappa shape index (κ2) is 6.36. The lowest BCUT2D eigenvalue weighted by atomic mass is 9.84. The average molecular weight is 336 g/mol. The van der Waals surface area contributed by atoms with Crippen LogP contribution in [0.25, 0.3) is 10.2 Å². The minimum atomic E-state index is 0.168. The number of carbonyl (C=O) groups is 1. The van der Waals surface area contributed by atoms with Crippen LogP contribution >= 0.6 is 11.3 Å². The Morgan fingerprint density at radius 3 is 2.62 bits per heavy atom. The van der Waals surface area contributed by atoms with Crippen LogP contribution in [0.15, 0.2) is 48.5 Å². The SMILES string of the molecule is Cc1cccc2sc(N(Cc3ccccc3)C(=O)C3CCC3)nc12. The molecular formula is C20H20N2OS. The van der Waals surface area contributed by atoms with E-state index < -0.39 is 0 Å². The fraction of sp³-hybridized carbons (Fsp3) is 0.300. The van der Waals surface area contributed by atoms with Crippen molar-refractivity contribution < 1.29 is 4.79 Å². The van der Waals surface area contributed by atoms with Gasteiger partial charge in [-0.1, -0.05) is 60.2 Å². The number of hydrogen-bond donors (Lipinski definition) is 0.